The quantitative estimate of drug-likeness (QED) is 0.471. The molecule has 3 heterocycles. The van der Waals surface area contributed by atoms with Gasteiger partial charge in [-0.15, -0.1) is 5.10 Å². The molecule has 0 unspecified atom stereocenters. The minimum Gasteiger partial charge on any atom is -0.489 e. The van der Waals surface area contributed by atoms with Gasteiger partial charge in [-0.1, -0.05) is 36.4 Å². The Morgan fingerprint density at radius 2 is 1.94 bits per heavy atom. The number of anilines is 1. The number of likely N-dealkylation sites (N-methyl/N-ethyl adjacent to an activating group) is 1. The number of hydrogen-bond acceptors (Lipinski definition) is 7. The molecule has 1 aliphatic rings. The van der Waals surface area contributed by atoms with Crippen LogP contribution < -0.4 is 15.0 Å². The van der Waals surface area contributed by atoms with E-state index < -0.39 is 11.9 Å². The van der Waals surface area contributed by atoms with Crippen LogP contribution in [0.1, 0.15) is 22.0 Å². The number of benzene rings is 2. The second kappa shape index (κ2) is 9.10. The molecule has 5 rings (SSSR count). The first-order chi connectivity index (χ1) is 16.6. The summed E-state index contributed by atoms with van der Waals surface area (Å²) in [6.07, 6.45) is 5.36. The third kappa shape index (κ3) is 4.33. The number of aromatic amines is 1. The molecule has 0 radical (unpaired) electrons. The van der Waals surface area contributed by atoms with Crippen LogP contribution in [0, 0.1) is 0 Å². The highest BCUT2D eigenvalue weighted by atomic mass is 16.5. The van der Waals surface area contributed by atoms with Crippen molar-refractivity contribution in [2.45, 2.75) is 12.5 Å². The summed E-state index contributed by atoms with van der Waals surface area (Å²) in [6.45, 7) is -0.0169. The fraction of sp³-hybridized carbons (Fsp3) is 0.167. The number of nitrogens with one attached hydrogen (secondary N) is 2. The first-order valence-electron chi connectivity index (χ1n) is 10.6. The van der Waals surface area contributed by atoms with E-state index in [1.807, 2.05) is 42.5 Å². The van der Waals surface area contributed by atoms with E-state index >= 15 is 0 Å². The van der Waals surface area contributed by atoms with E-state index in [0.717, 1.165) is 16.7 Å². The summed E-state index contributed by atoms with van der Waals surface area (Å²) in [5.41, 5.74) is 3.29. The molecule has 10 heteroatoms. The van der Waals surface area contributed by atoms with Gasteiger partial charge >= 0.3 is 0 Å². The van der Waals surface area contributed by atoms with Crippen LogP contribution in [0.2, 0.25) is 0 Å². The first kappa shape index (κ1) is 21.3. The Kier molecular flexibility index (Phi) is 5.69. The molecule has 1 aliphatic heterocycles. The SMILES string of the molecule is CN1C(=O)[C@@H](NC(=O)c2n[nH]c(Cc3ccccc3)n2)COc2ccc(-c3cncnc3)cc21. The lowest BCUT2D eigenvalue weighted by Gasteiger charge is -2.20. The molecule has 0 fully saturated rings. The van der Waals surface area contributed by atoms with E-state index in [9.17, 15) is 9.59 Å². The Morgan fingerprint density at radius 3 is 2.74 bits per heavy atom. The van der Waals surface area contributed by atoms with Crippen molar-refractivity contribution in [1.82, 2.24) is 30.5 Å². The van der Waals surface area contributed by atoms with Crippen LogP contribution in [-0.4, -0.2) is 56.7 Å². The molecular weight excluding hydrogens is 434 g/mol. The third-order valence-electron chi connectivity index (χ3n) is 5.50. The Morgan fingerprint density at radius 1 is 1.15 bits per heavy atom. The lowest BCUT2D eigenvalue weighted by Crippen LogP contribution is -2.49. The number of aromatic nitrogens is 5. The maximum atomic E-state index is 13.1. The van der Waals surface area contributed by atoms with Crippen molar-refractivity contribution < 1.29 is 14.3 Å². The van der Waals surface area contributed by atoms with Crippen LogP contribution in [0.3, 0.4) is 0 Å². The van der Waals surface area contributed by atoms with Gasteiger partial charge in [0.2, 0.25) is 5.82 Å². The molecule has 170 valence electrons. The van der Waals surface area contributed by atoms with Gasteiger partial charge in [-0.2, -0.15) is 0 Å². The molecule has 2 amide bonds. The number of H-pyrrole nitrogens is 1. The molecule has 2 aromatic heterocycles. The Bertz CT molecular complexity index is 1320. The smallest absolute Gasteiger partial charge is 0.291 e. The molecule has 34 heavy (non-hydrogen) atoms. The van der Waals surface area contributed by atoms with Crippen molar-refractivity contribution in [3.63, 3.8) is 0 Å². The largest absolute Gasteiger partial charge is 0.489 e. The molecule has 0 saturated carbocycles. The highest BCUT2D eigenvalue weighted by Crippen LogP contribution is 2.34. The highest BCUT2D eigenvalue weighted by Gasteiger charge is 2.31. The zero-order valence-electron chi connectivity index (χ0n) is 18.3. The predicted molar refractivity (Wildman–Crippen MR) is 123 cm³/mol. The normalized spacial score (nSPS) is 15.3. The average Bonchev–Trinajstić information content (AvgIpc) is 3.31. The van der Waals surface area contributed by atoms with E-state index in [0.29, 0.717) is 23.7 Å². The second-order valence-electron chi connectivity index (χ2n) is 7.81. The predicted octanol–water partition coefficient (Wildman–Crippen LogP) is 2.01. The standard InChI is InChI=1S/C24H21N7O3/c1-31-19-10-16(17-11-25-14-26-12-17)7-8-20(19)34-13-18(24(31)33)27-23(32)22-28-21(29-30-22)9-15-5-3-2-4-6-15/h2-8,10-12,14,18H,9,13H2,1H3,(H,27,32)(H,28,29,30)/t18-/m0/s1. The van der Waals surface area contributed by atoms with Crippen molar-refractivity contribution in [2.24, 2.45) is 0 Å². The Hall–Kier alpha value is -4.60. The zero-order chi connectivity index (χ0) is 23.5. The molecule has 0 bridgehead atoms. The molecular formula is C24H21N7O3. The van der Waals surface area contributed by atoms with Crippen LogP contribution in [-0.2, 0) is 11.2 Å². The van der Waals surface area contributed by atoms with Crippen LogP contribution in [0.4, 0.5) is 5.69 Å². The van der Waals surface area contributed by atoms with Gasteiger partial charge in [0.25, 0.3) is 11.8 Å². The fourth-order valence-electron chi connectivity index (χ4n) is 3.72. The molecule has 0 saturated heterocycles. The van der Waals surface area contributed by atoms with Crippen LogP contribution >= 0.6 is 0 Å². The summed E-state index contributed by atoms with van der Waals surface area (Å²) >= 11 is 0. The van der Waals surface area contributed by atoms with Crippen LogP contribution in [0.15, 0.2) is 67.3 Å². The van der Waals surface area contributed by atoms with Crippen molar-refractivity contribution in [1.29, 1.82) is 0 Å². The van der Waals surface area contributed by atoms with Crippen molar-refractivity contribution >= 4 is 17.5 Å². The van der Waals surface area contributed by atoms with Crippen molar-refractivity contribution in [3.05, 3.63) is 84.5 Å². The summed E-state index contributed by atoms with van der Waals surface area (Å²) in [6, 6.07) is 14.3. The summed E-state index contributed by atoms with van der Waals surface area (Å²) < 4.78 is 5.86. The second-order valence-corrected chi connectivity index (χ2v) is 7.81. The van der Waals surface area contributed by atoms with Gasteiger partial charge in [-0.3, -0.25) is 14.7 Å². The molecule has 1 atom stereocenters. The van der Waals surface area contributed by atoms with E-state index in [1.54, 1.807) is 25.5 Å². The minimum absolute atomic E-state index is 0.0169. The van der Waals surface area contributed by atoms with Gasteiger partial charge in [0.15, 0.2) is 0 Å². The number of rotatable bonds is 5. The number of fused-ring (bicyclic) bond motifs is 1. The molecule has 10 nitrogen and oxygen atoms in total. The first-order valence-corrected chi connectivity index (χ1v) is 10.6. The zero-order valence-corrected chi connectivity index (χ0v) is 18.3. The number of nitrogens with zero attached hydrogens (tertiary/aromatic N) is 5. The van der Waals surface area contributed by atoms with E-state index in [2.05, 4.69) is 30.5 Å². The van der Waals surface area contributed by atoms with Gasteiger partial charge in [-0.05, 0) is 23.3 Å². The molecule has 2 aromatic carbocycles. The molecule has 0 spiro atoms. The van der Waals surface area contributed by atoms with E-state index in [-0.39, 0.29) is 18.3 Å². The summed E-state index contributed by atoms with van der Waals surface area (Å²) in [7, 11) is 1.64. The number of hydrogen-bond donors (Lipinski definition) is 2. The van der Waals surface area contributed by atoms with Crippen LogP contribution in [0.25, 0.3) is 11.1 Å². The topological polar surface area (TPSA) is 126 Å². The van der Waals surface area contributed by atoms with E-state index in [1.165, 1.54) is 11.2 Å². The number of amides is 2. The Labute approximate surface area is 195 Å². The summed E-state index contributed by atoms with van der Waals surface area (Å²) in [4.78, 5) is 39.7. The molecule has 0 aliphatic carbocycles. The lowest BCUT2D eigenvalue weighted by atomic mass is 10.1. The lowest BCUT2D eigenvalue weighted by molar-refractivity contribution is -0.120. The van der Waals surface area contributed by atoms with Crippen molar-refractivity contribution in [2.75, 3.05) is 18.6 Å². The molecule has 2 N–H and O–H groups in total. The average molecular weight is 455 g/mol. The minimum atomic E-state index is -0.899. The summed E-state index contributed by atoms with van der Waals surface area (Å²) in [5.74, 6) is 0.195. The maximum Gasteiger partial charge on any atom is 0.291 e. The van der Waals surface area contributed by atoms with Gasteiger partial charge in [0.05, 0.1) is 5.69 Å². The van der Waals surface area contributed by atoms with Gasteiger partial charge in [-0.25, -0.2) is 15.0 Å². The van der Waals surface area contributed by atoms with Crippen LogP contribution in [0.5, 0.6) is 5.75 Å². The van der Waals surface area contributed by atoms with Crippen molar-refractivity contribution in [3.8, 4) is 16.9 Å². The third-order valence-corrected chi connectivity index (χ3v) is 5.50. The maximum absolute atomic E-state index is 13.1. The number of carbonyl (C=O) groups excluding carboxylic acids is 2. The van der Waals surface area contributed by atoms with Gasteiger partial charge < -0.3 is 15.0 Å². The fourth-order valence-corrected chi connectivity index (χ4v) is 3.72. The Balaban J connectivity index is 1.30. The number of carbonyl (C=O) groups is 2. The molecule has 4 aromatic rings. The van der Waals surface area contributed by atoms with Gasteiger partial charge in [0, 0.05) is 31.4 Å². The number of ether oxygens (including phenoxy) is 1. The highest BCUT2D eigenvalue weighted by molar-refractivity contribution is 6.02. The summed E-state index contributed by atoms with van der Waals surface area (Å²) in [5, 5.41) is 9.48. The van der Waals surface area contributed by atoms with Gasteiger partial charge in [0.1, 0.15) is 30.5 Å². The van der Waals surface area contributed by atoms with E-state index in [4.69, 9.17) is 4.74 Å². The monoisotopic (exact) mass is 455 g/mol.